The van der Waals surface area contributed by atoms with Crippen LogP contribution in [-0.2, 0) is 4.79 Å². The lowest BCUT2D eigenvalue weighted by Gasteiger charge is -2.05. The summed E-state index contributed by atoms with van der Waals surface area (Å²) in [6.45, 7) is 1.55. The van der Waals surface area contributed by atoms with Crippen LogP contribution >= 0.6 is 11.8 Å². The topological polar surface area (TPSA) is 26.3 Å². The number of carbonyl (C=O) groups excluding carboxylic acids is 1. The Morgan fingerprint density at radius 2 is 2.29 bits per heavy atom. The molecule has 0 fully saturated rings. The zero-order valence-corrected chi connectivity index (χ0v) is 10.7. The van der Waals surface area contributed by atoms with Crippen LogP contribution in [-0.4, -0.2) is 18.0 Å². The second kappa shape index (κ2) is 7.12. The normalized spacial score (nSPS) is 10.8. The molecule has 0 bridgehead atoms. The number of rotatable bonds is 5. The van der Waals surface area contributed by atoms with Crippen molar-refractivity contribution in [2.45, 2.75) is 13.3 Å². The van der Waals surface area contributed by atoms with Gasteiger partial charge in [-0.3, -0.25) is 4.79 Å². The fourth-order valence-electron chi connectivity index (χ4n) is 1.35. The Morgan fingerprint density at radius 3 is 2.94 bits per heavy atom. The number of para-hydroxylation sites is 1. The molecule has 0 aliphatic carbocycles. The monoisotopic (exact) mass is 254 g/mol. The Labute approximate surface area is 105 Å². The summed E-state index contributed by atoms with van der Waals surface area (Å²) in [4.78, 5) is 10.7. The molecule has 0 aromatic heterocycles. The highest BCUT2D eigenvalue weighted by Crippen LogP contribution is 2.23. The molecule has 4 heteroatoms. The molecular weight excluding hydrogens is 239 g/mol. The summed E-state index contributed by atoms with van der Waals surface area (Å²) in [6.07, 6.45) is 4.49. The van der Waals surface area contributed by atoms with Crippen LogP contribution in [0.15, 0.2) is 24.3 Å². The highest BCUT2D eigenvalue weighted by Gasteiger charge is 2.05. The number of hydrogen-bond acceptors (Lipinski definition) is 3. The average molecular weight is 254 g/mol. The zero-order chi connectivity index (χ0) is 12.7. The number of carbonyl (C=O) groups is 1. The molecule has 1 aromatic rings. The Bertz CT molecular complexity index is 416. The first kappa shape index (κ1) is 13.8. The van der Waals surface area contributed by atoms with Crippen molar-refractivity contribution in [2.24, 2.45) is 0 Å². The van der Waals surface area contributed by atoms with Gasteiger partial charge in [-0.1, -0.05) is 36.0 Å². The van der Waals surface area contributed by atoms with Crippen molar-refractivity contribution in [1.29, 1.82) is 0 Å². The van der Waals surface area contributed by atoms with Gasteiger partial charge < -0.3 is 4.74 Å². The van der Waals surface area contributed by atoms with Gasteiger partial charge in [0.15, 0.2) is 16.7 Å². The van der Waals surface area contributed by atoms with Gasteiger partial charge >= 0.3 is 0 Å². The van der Waals surface area contributed by atoms with E-state index in [4.69, 9.17) is 4.74 Å². The highest BCUT2D eigenvalue weighted by molar-refractivity contribution is 8.13. The van der Waals surface area contributed by atoms with Crippen LogP contribution in [0.4, 0.5) is 4.39 Å². The van der Waals surface area contributed by atoms with E-state index in [9.17, 15) is 9.18 Å². The highest BCUT2D eigenvalue weighted by atomic mass is 32.2. The summed E-state index contributed by atoms with van der Waals surface area (Å²) in [6, 6.07) is 4.79. The van der Waals surface area contributed by atoms with Crippen LogP contribution in [0.2, 0.25) is 0 Å². The Hall–Kier alpha value is -1.29. The van der Waals surface area contributed by atoms with Gasteiger partial charge in [0.05, 0.1) is 7.11 Å². The van der Waals surface area contributed by atoms with Crippen molar-refractivity contribution in [3.8, 4) is 5.75 Å². The summed E-state index contributed by atoms with van der Waals surface area (Å²) in [5.74, 6) is 0.624. The third-order valence-electron chi connectivity index (χ3n) is 2.09. The predicted octanol–water partition coefficient (Wildman–Crippen LogP) is 3.52. The SMILES string of the molecule is COc1c(F)cccc1C=CCCSC(C)=O. The van der Waals surface area contributed by atoms with Gasteiger partial charge in [-0.2, -0.15) is 0 Å². The molecule has 2 nitrogen and oxygen atoms in total. The third-order valence-corrected chi connectivity index (χ3v) is 2.94. The van der Waals surface area contributed by atoms with Crippen molar-refractivity contribution >= 4 is 23.0 Å². The van der Waals surface area contributed by atoms with E-state index in [1.165, 1.54) is 24.9 Å². The number of methoxy groups -OCH3 is 1. The van der Waals surface area contributed by atoms with Gasteiger partial charge in [-0.05, 0) is 12.5 Å². The molecule has 0 saturated carbocycles. The van der Waals surface area contributed by atoms with E-state index in [2.05, 4.69) is 0 Å². The molecule has 92 valence electrons. The van der Waals surface area contributed by atoms with E-state index in [1.807, 2.05) is 12.2 Å². The first-order valence-corrected chi connectivity index (χ1v) is 6.26. The van der Waals surface area contributed by atoms with E-state index in [0.717, 1.165) is 12.2 Å². The minimum Gasteiger partial charge on any atom is -0.493 e. The number of halogens is 1. The maximum atomic E-state index is 13.3. The average Bonchev–Trinajstić information content (AvgIpc) is 2.28. The lowest BCUT2D eigenvalue weighted by molar-refractivity contribution is -0.109. The van der Waals surface area contributed by atoms with Gasteiger partial charge in [-0.25, -0.2) is 4.39 Å². The van der Waals surface area contributed by atoms with Crippen LogP contribution in [0.3, 0.4) is 0 Å². The van der Waals surface area contributed by atoms with Crippen LogP contribution in [0, 0.1) is 5.82 Å². The number of hydrogen-bond donors (Lipinski definition) is 0. The minimum atomic E-state index is -0.368. The molecule has 0 amide bonds. The van der Waals surface area contributed by atoms with Crippen molar-refractivity contribution in [2.75, 3.05) is 12.9 Å². The van der Waals surface area contributed by atoms with Gasteiger partial charge in [0.1, 0.15) is 0 Å². The first-order chi connectivity index (χ1) is 8.15. The van der Waals surface area contributed by atoms with Gasteiger partial charge in [-0.15, -0.1) is 0 Å². The molecule has 0 saturated heterocycles. The molecule has 0 heterocycles. The molecule has 0 spiro atoms. The summed E-state index contributed by atoms with van der Waals surface area (Å²) >= 11 is 1.28. The smallest absolute Gasteiger partial charge is 0.185 e. The first-order valence-electron chi connectivity index (χ1n) is 5.27. The van der Waals surface area contributed by atoms with Crippen molar-refractivity contribution in [3.05, 3.63) is 35.7 Å². The number of allylic oxidation sites excluding steroid dienone is 1. The number of ether oxygens (including phenoxy) is 1. The summed E-state index contributed by atoms with van der Waals surface area (Å²) in [5.41, 5.74) is 0.709. The van der Waals surface area contributed by atoms with Crippen molar-refractivity contribution in [1.82, 2.24) is 0 Å². The zero-order valence-electron chi connectivity index (χ0n) is 9.90. The molecule has 17 heavy (non-hydrogen) atoms. The van der Waals surface area contributed by atoms with Crippen LogP contribution in [0.25, 0.3) is 6.08 Å². The predicted molar refractivity (Wildman–Crippen MR) is 69.7 cm³/mol. The lowest BCUT2D eigenvalue weighted by Crippen LogP contribution is -1.90. The maximum absolute atomic E-state index is 13.3. The Morgan fingerprint density at radius 1 is 1.53 bits per heavy atom. The lowest BCUT2D eigenvalue weighted by atomic mass is 10.1. The van der Waals surface area contributed by atoms with E-state index < -0.39 is 0 Å². The molecule has 0 atom stereocenters. The summed E-state index contributed by atoms with van der Waals surface area (Å²) in [5, 5.41) is 0.113. The van der Waals surface area contributed by atoms with Gasteiger partial charge in [0.2, 0.25) is 0 Å². The van der Waals surface area contributed by atoms with Crippen LogP contribution in [0.1, 0.15) is 18.9 Å². The quantitative estimate of drug-likeness (QED) is 0.752. The number of thioether (sulfide) groups is 1. The largest absolute Gasteiger partial charge is 0.493 e. The molecule has 0 radical (unpaired) electrons. The van der Waals surface area contributed by atoms with E-state index in [0.29, 0.717) is 5.56 Å². The maximum Gasteiger partial charge on any atom is 0.185 e. The minimum absolute atomic E-state index is 0.113. The second-order valence-electron chi connectivity index (χ2n) is 3.39. The molecule has 0 aliphatic heterocycles. The van der Waals surface area contributed by atoms with Crippen molar-refractivity contribution in [3.63, 3.8) is 0 Å². The molecule has 0 aliphatic rings. The molecular formula is C13H15FO2S. The van der Waals surface area contributed by atoms with E-state index >= 15 is 0 Å². The molecule has 1 rings (SSSR count). The fourth-order valence-corrected chi connectivity index (χ4v) is 1.89. The standard InChI is InChI=1S/C13H15FO2S/c1-10(15)17-9-4-3-6-11-7-5-8-12(14)13(11)16-2/h3,5-8H,4,9H2,1-2H3. The van der Waals surface area contributed by atoms with Gasteiger partial charge in [0, 0.05) is 18.2 Å². The van der Waals surface area contributed by atoms with Crippen molar-refractivity contribution < 1.29 is 13.9 Å². The second-order valence-corrected chi connectivity index (χ2v) is 4.67. The Balaban J connectivity index is 2.59. The number of benzene rings is 1. The third kappa shape index (κ3) is 4.61. The fraction of sp³-hybridized carbons (Fsp3) is 0.308. The Kier molecular flexibility index (Phi) is 5.77. The molecule has 0 N–H and O–H groups in total. The van der Waals surface area contributed by atoms with Crippen LogP contribution in [0.5, 0.6) is 5.75 Å². The van der Waals surface area contributed by atoms with E-state index in [-0.39, 0.29) is 16.7 Å². The molecule has 0 unspecified atom stereocenters. The van der Waals surface area contributed by atoms with Gasteiger partial charge in [0.25, 0.3) is 0 Å². The summed E-state index contributed by atoms with van der Waals surface area (Å²) < 4.78 is 18.3. The summed E-state index contributed by atoms with van der Waals surface area (Å²) in [7, 11) is 1.45. The van der Waals surface area contributed by atoms with E-state index in [1.54, 1.807) is 19.1 Å². The molecule has 1 aromatic carbocycles. The van der Waals surface area contributed by atoms with Crippen LogP contribution < -0.4 is 4.74 Å².